The number of ether oxygens (including phenoxy) is 2. The van der Waals surface area contributed by atoms with Crippen molar-refractivity contribution in [1.29, 1.82) is 0 Å². The Kier molecular flexibility index (Phi) is 6.46. The van der Waals surface area contributed by atoms with Gasteiger partial charge in [0.2, 0.25) is 0 Å². The normalized spacial score (nSPS) is 14.1. The maximum absolute atomic E-state index is 12.5. The van der Waals surface area contributed by atoms with Crippen molar-refractivity contribution in [3.8, 4) is 16.9 Å². The second kappa shape index (κ2) is 9.61. The van der Waals surface area contributed by atoms with Gasteiger partial charge in [-0.05, 0) is 71.8 Å². The molecule has 1 aliphatic carbocycles. The number of carbonyl (C=O) groups is 2. The van der Waals surface area contributed by atoms with Crippen LogP contribution in [0.25, 0.3) is 11.1 Å². The number of carbonyl (C=O) groups excluding carboxylic acids is 2. The van der Waals surface area contributed by atoms with Crippen molar-refractivity contribution in [2.24, 2.45) is 0 Å². The Morgan fingerprint density at radius 3 is 1.77 bits per heavy atom. The third-order valence-electron chi connectivity index (χ3n) is 5.93. The average molecular weight is 415 g/mol. The molecule has 4 nitrogen and oxygen atoms in total. The third kappa shape index (κ3) is 5.02. The first kappa shape index (κ1) is 20.9. The summed E-state index contributed by atoms with van der Waals surface area (Å²) in [5, 5.41) is 0. The van der Waals surface area contributed by atoms with Crippen LogP contribution >= 0.6 is 0 Å². The predicted octanol–water partition coefficient (Wildman–Crippen LogP) is 6.41. The number of rotatable bonds is 5. The van der Waals surface area contributed by atoms with Crippen LogP contribution in [0.15, 0.2) is 72.8 Å². The first-order valence-corrected chi connectivity index (χ1v) is 10.7. The highest BCUT2D eigenvalue weighted by Crippen LogP contribution is 2.32. The van der Waals surface area contributed by atoms with Crippen molar-refractivity contribution in [2.45, 2.75) is 38.0 Å². The lowest BCUT2D eigenvalue weighted by molar-refractivity contribution is 0.0600. The molecule has 0 amide bonds. The second-order valence-electron chi connectivity index (χ2n) is 7.94. The van der Waals surface area contributed by atoms with Gasteiger partial charge in [-0.25, -0.2) is 9.59 Å². The van der Waals surface area contributed by atoms with E-state index in [2.05, 4.69) is 12.1 Å². The van der Waals surface area contributed by atoms with Crippen LogP contribution in [0, 0.1) is 0 Å². The lowest BCUT2D eigenvalue weighted by Crippen LogP contribution is -2.09. The first-order chi connectivity index (χ1) is 15.1. The molecule has 3 aromatic rings. The van der Waals surface area contributed by atoms with Crippen LogP contribution in [0.5, 0.6) is 5.75 Å². The summed E-state index contributed by atoms with van der Waals surface area (Å²) in [7, 11) is 1.36. The molecule has 4 heteroatoms. The molecule has 0 N–H and O–H groups in total. The lowest BCUT2D eigenvalue weighted by Gasteiger charge is -2.21. The highest BCUT2D eigenvalue weighted by atomic mass is 16.5. The summed E-state index contributed by atoms with van der Waals surface area (Å²) in [6, 6.07) is 22.4. The zero-order valence-corrected chi connectivity index (χ0v) is 17.7. The van der Waals surface area contributed by atoms with Crippen molar-refractivity contribution in [3.05, 3.63) is 89.5 Å². The van der Waals surface area contributed by atoms with Crippen LogP contribution in [-0.2, 0) is 4.74 Å². The molecule has 1 fully saturated rings. The number of hydrogen-bond acceptors (Lipinski definition) is 4. The molecule has 0 radical (unpaired) electrons. The van der Waals surface area contributed by atoms with E-state index in [0.29, 0.717) is 22.8 Å². The Hall–Kier alpha value is -3.40. The van der Waals surface area contributed by atoms with Crippen molar-refractivity contribution in [3.63, 3.8) is 0 Å². The van der Waals surface area contributed by atoms with Gasteiger partial charge in [0.05, 0.1) is 18.2 Å². The minimum atomic E-state index is -0.361. The molecule has 0 saturated heterocycles. The summed E-state index contributed by atoms with van der Waals surface area (Å²) in [4.78, 5) is 24.1. The predicted molar refractivity (Wildman–Crippen MR) is 120 cm³/mol. The quantitative estimate of drug-likeness (QED) is 0.358. The van der Waals surface area contributed by atoms with E-state index in [0.717, 1.165) is 11.1 Å². The van der Waals surface area contributed by atoms with Crippen LogP contribution < -0.4 is 4.74 Å². The Labute approximate surface area is 182 Å². The summed E-state index contributed by atoms with van der Waals surface area (Å²) in [6.45, 7) is 0. The molecule has 158 valence electrons. The van der Waals surface area contributed by atoms with Crippen molar-refractivity contribution < 1.29 is 19.1 Å². The maximum Gasteiger partial charge on any atom is 0.343 e. The van der Waals surface area contributed by atoms with E-state index in [-0.39, 0.29) is 11.9 Å². The zero-order chi connectivity index (χ0) is 21.6. The Balaban J connectivity index is 1.39. The summed E-state index contributed by atoms with van der Waals surface area (Å²) in [5.74, 6) is 0.398. The van der Waals surface area contributed by atoms with E-state index < -0.39 is 0 Å². The van der Waals surface area contributed by atoms with Gasteiger partial charge in [-0.15, -0.1) is 0 Å². The summed E-state index contributed by atoms with van der Waals surface area (Å²) in [5.41, 5.74) is 4.31. The van der Waals surface area contributed by atoms with E-state index in [9.17, 15) is 9.59 Å². The fourth-order valence-electron chi connectivity index (χ4n) is 4.13. The Morgan fingerprint density at radius 1 is 0.677 bits per heavy atom. The van der Waals surface area contributed by atoms with Gasteiger partial charge in [0, 0.05) is 0 Å². The largest absolute Gasteiger partial charge is 0.465 e. The van der Waals surface area contributed by atoms with E-state index in [4.69, 9.17) is 9.47 Å². The Bertz CT molecular complexity index is 1030. The lowest BCUT2D eigenvalue weighted by atomic mass is 9.84. The number of methoxy groups -OCH3 is 1. The molecule has 0 spiro atoms. The van der Waals surface area contributed by atoms with Crippen molar-refractivity contribution in [1.82, 2.24) is 0 Å². The van der Waals surface area contributed by atoms with Gasteiger partial charge < -0.3 is 9.47 Å². The molecule has 1 saturated carbocycles. The van der Waals surface area contributed by atoms with Gasteiger partial charge in [0.25, 0.3) is 0 Å². The van der Waals surface area contributed by atoms with Gasteiger partial charge in [-0.2, -0.15) is 0 Å². The van der Waals surface area contributed by atoms with Gasteiger partial charge in [0.15, 0.2) is 0 Å². The van der Waals surface area contributed by atoms with Crippen LogP contribution in [0.2, 0.25) is 0 Å². The topological polar surface area (TPSA) is 52.6 Å². The summed E-state index contributed by atoms with van der Waals surface area (Å²) < 4.78 is 10.3. The fourth-order valence-corrected chi connectivity index (χ4v) is 4.13. The van der Waals surface area contributed by atoms with Crippen LogP contribution in [0.4, 0.5) is 0 Å². The molecule has 0 atom stereocenters. The van der Waals surface area contributed by atoms with E-state index in [1.54, 1.807) is 24.3 Å². The summed E-state index contributed by atoms with van der Waals surface area (Å²) in [6.07, 6.45) is 6.39. The van der Waals surface area contributed by atoms with Crippen LogP contribution in [0.1, 0.15) is 64.3 Å². The molecule has 0 heterocycles. The molecule has 0 bridgehead atoms. The zero-order valence-electron chi connectivity index (χ0n) is 17.7. The van der Waals surface area contributed by atoms with E-state index in [1.807, 2.05) is 36.4 Å². The smallest absolute Gasteiger partial charge is 0.343 e. The number of esters is 2. The maximum atomic E-state index is 12.5. The molecule has 4 rings (SSSR count). The molecule has 31 heavy (non-hydrogen) atoms. The van der Waals surface area contributed by atoms with Gasteiger partial charge in [-0.3, -0.25) is 0 Å². The number of hydrogen-bond donors (Lipinski definition) is 0. The molecule has 0 aliphatic heterocycles. The molecule has 1 aliphatic rings. The molecular weight excluding hydrogens is 388 g/mol. The van der Waals surface area contributed by atoms with E-state index in [1.165, 1.54) is 44.8 Å². The first-order valence-electron chi connectivity index (χ1n) is 10.7. The Morgan fingerprint density at radius 2 is 1.19 bits per heavy atom. The van der Waals surface area contributed by atoms with Gasteiger partial charge in [-0.1, -0.05) is 55.7 Å². The third-order valence-corrected chi connectivity index (χ3v) is 5.93. The number of benzene rings is 3. The van der Waals surface area contributed by atoms with Crippen molar-refractivity contribution >= 4 is 11.9 Å². The summed E-state index contributed by atoms with van der Waals surface area (Å²) >= 11 is 0. The standard InChI is InChI=1S/C27H26O4/c1-30-26(28)23-11-7-21(8-12-23)22-15-17-25(18-16-22)31-27(29)24-13-9-20(10-14-24)19-5-3-2-4-6-19/h7-19H,2-6H2,1H3. The van der Waals surface area contributed by atoms with E-state index >= 15 is 0 Å². The monoisotopic (exact) mass is 414 g/mol. The highest BCUT2D eigenvalue weighted by molar-refractivity contribution is 5.91. The highest BCUT2D eigenvalue weighted by Gasteiger charge is 2.16. The fraction of sp³-hybridized carbons (Fsp3) is 0.259. The second-order valence-corrected chi connectivity index (χ2v) is 7.94. The molecule has 0 aromatic heterocycles. The SMILES string of the molecule is COC(=O)c1ccc(-c2ccc(OC(=O)c3ccc(C4CCCCC4)cc3)cc2)cc1. The average Bonchev–Trinajstić information content (AvgIpc) is 2.85. The minimum Gasteiger partial charge on any atom is -0.465 e. The van der Waals surface area contributed by atoms with Crippen molar-refractivity contribution in [2.75, 3.05) is 7.11 Å². The molecular formula is C27H26O4. The minimum absolute atomic E-state index is 0.356. The molecule has 3 aromatic carbocycles. The van der Waals surface area contributed by atoms with Gasteiger partial charge in [0.1, 0.15) is 5.75 Å². The van der Waals surface area contributed by atoms with Crippen LogP contribution in [0.3, 0.4) is 0 Å². The van der Waals surface area contributed by atoms with Gasteiger partial charge >= 0.3 is 11.9 Å². The van der Waals surface area contributed by atoms with Crippen LogP contribution in [-0.4, -0.2) is 19.0 Å². The molecule has 0 unspecified atom stereocenters.